The minimum absolute atomic E-state index is 0.0437. The van der Waals surface area contributed by atoms with E-state index in [4.69, 9.17) is 24.3 Å². The highest BCUT2D eigenvalue weighted by atomic mass is 31.2. The average molecular weight is 1110 g/mol. The molecular formula is C69H112NO8P. The van der Waals surface area contributed by atoms with Gasteiger partial charge in [0.15, 0.2) is 6.10 Å². The molecule has 0 heterocycles. The quantitative estimate of drug-likeness (QED) is 0.0264. The molecule has 0 rings (SSSR count). The van der Waals surface area contributed by atoms with E-state index in [-0.39, 0.29) is 32.6 Å². The smallest absolute Gasteiger partial charge is 0.462 e. The fraction of sp³-hybridized carbons (Fsp3) is 0.594. The normalized spacial score (nSPS) is 14.1. The van der Waals surface area contributed by atoms with Gasteiger partial charge in [-0.2, -0.15) is 0 Å². The number of carbonyl (C=O) groups excluding carboxylic acids is 2. The van der Waals surface area contributed by atoms with E-state index in [1.54, 1.807) is 0 Å². The molecule has 0 fully saturated rings. The van der Waals surface area contributed by atoms with Crippen LogP contribution in [-0.2, 0) is 32.7 Å². The molecule has 3 N–H and O–H groups in total. The fourth-order valence-corrected chi connectivity index (χ4v) is 8.68. The highest BCUT2D eigenvalue weighted by molar-refractivity contribution is 7.47. The number of nitrogens with two attached hydrogens (primary N) is 1. The van der Waals surface area contributed by atoms with Crippen molar-refractivity contribution in [1.29, 1.82) is 0 Å². The van der Waals surface area contributed by atoms with E-state index in [0.717, 1.165) is 135 Å². The van der Waals surface area contributed by atoms with Gasteiger partial charge in [-0.05, 0) is 122 Å². The molecule has 0 aliphatic heterocycles. The topological polar surface area (TPSA) is 134 Å². The molecule has 2 atom stereocenters. The zero-order chi connectivity index (χ0) is 57.3. The molecule has 0 amide bonds. The van der Waals surface area contributed by atoms with Crippen LogP contribution in [0.5, 0.6) is 0 Å². The van der Waals surface area contributed by atoms with Gasteiger partial charge in [-0.15, -0.1) is 0 Å². The number of carbonyl (C=O) groups is 2. The molecule has 2 unspecified atom stereocenters. The van der Waals surface area contributed by atoms with Crippen LogP contribution in [0.3, 0.4) is 0 Å². The van der Waals surface area contributed by atoms with Crippen molar-refractivity contribution in [3.63, 3.8) is 0 Å². The molecule has 0 bridgehead atoms. The van der Waals surface area contributed by atoms with Crippen LogP contribution in [-0.4, -0.2) is 49.3 Å². The van der Waals surface area contributed by atoms with E-state index in [1.165, 1.54) is 57.8 Å². The van der Waals surface area contributed by atoms with Gasteiger partial charge in [0.1, 0.15) is 6.61 Å². The summed E-state index contributed by atoms with van der Waals surface area (Å²) >= 11 is 0. The fourth-order valence-electron chi connectivity index (χ4n) is 7.91. The highest BCUT2D eigenvalue weighted by Crippen LogP contribution is 2.43. The monoisotopic (exact) mass is 1110 g/mol. The summed E-state index contributed by atoms with van der Waals surface area (Å²) in [5.41, 5.74) is 5.38. The number of hydrogen-bond donors (Lipinski definition) is 2. The molecule has 79 heavy (non-hydrogen) atoms. The van der Waals surface area contributed by atoms with Crippen LogP contribution in [0.4, 0.5) is 0 Å². The van der Waals surface area contributed by atoms with Crippen molar-refractivity contribution in [2.75, 3.05) is 26.4 Å². The van der Waals surface area contributed by atoms with E-state index < -0.39 is 32.5 Å². The Morgan fingerprint density at radius 1 is 0.380 bits per heavy atom. The van der Waals surface area contributed by atoms with Gasteiger partial charge in [-0.1, -0.05) is 255 Å². The molecule has 0 saturated heterocycles. The van der Waals surface area contributed by atoms with Crippen molar-refractivity contribution in [3.8, 4) is 0 Å². The lowest BCUT2D eigenvalue weighted by atomic mass is 10.0. The number of esters is 2. The summed E-state index contributed by atoms with van der Waals surface area (Å²) in [6, 6.07) is 0. The van der Waals surface area contributed by atoms with E-state index in [9.17, 15) is 19.0 Å². The first kappa shape index (κ1) is 74.6. The molecule has 0 aromatic rings. The minimum atomic E-state index is -4.40. The molecule has 10 heteroatoms. The van der Waals surface area contributed by atoms with E-state index >= 15 is 0 Å². The zero-order valence-corrected chi connectivity index (χ0v) is 50.7. The Labute approximate surface area is 483 Å². The zero-order valence-electron chi connectivity index (χ0n) is 49.8. The summed E-state index contributed by atoms with van der Waals surface area (Å²) < 4.78 is 33.0. The van der Waals surface area contributed by atoms with Crippen LogP contribution in [0.2, 0.25) is 0 Å². The molecular weight excluding hydrogens is 1000 g/mol. The second-order valence-corrected chi connectivity index (χ2v) is 21.3. The SMILES string of the molecule is CC/C=C\C/C=C\C/C=C\C/C=C\C/C=C\C/C=C\C/C=C\C/C=C\C/C=C\C/C=C\CCCCCCCCCCCCC(=O)OC(COC(=O)CCCCCCCCC/C=C\C/C=C\C/C=C\CC)COP(=O)(O)OCCN. The lowest BCUT2D eigenvalue weighted by Crippen LogP contribution is -2.29. The third-order valence-electron chi connectivity index (χ3n) is 12.4. The van der Waals surface area contributed by atoms with Gasteiger partial charge in [0.2, 0.25) is 0 Å². The Hall–Kier alpha value is -4.37. The second kappa shape index (κ2) is 62.8. The number of allylic oxidation sites excluding steroid dienone is 26. The first-order valence-corrected chi connectivity index (χ1v) is 32.5. The molecule has 0 radical (unpaired) electrons. The largest absolute Gasteiger partial charge is 0.472 e. The van der Waals surface area contributed by atoms with Gasteiger partial charge in [0.25, 0.3) is 0 Å². The van der Waals surface area contributed by atoms with Crippen molar-refractivity contribution in [1.82, 2.24) is 0 Å². The first-order valence-electron chi connectivity index (χ1n) is 31.0. The molecule has 0 aromatic heterocycles. The third kappa shape index (κ3) is 62.7. The summed E-state index contributed by atoms with van der Waals surface area (Å²) in [7, 11) is -4.40. The van der Waals surface area contributed by atoms with Gasteiger partial charge in [-0.3, -0.25) is 18.6 Å². The number of unbranched alkanes of at least 4 members (excludes halogenated alkanes) is 17. The molecule has 0 aliphatic rings. The maximum atomic E-state index is 12.7. The van der Waals surface area contributed by atoms with Crippen molar-refractivity contribution in [2.45, 2.75) is 238 Å². The standard InChI is InChI=1S/C69H112NO8P/c1-3-5-7-9-11-13-15-17-19-21-22-23-24-25-26-27-28-29-30-31-32-33-34-35-36-37-38-39-40-41-42-43-44-46-48-50-52-54-56-58-60-62-69(72)78-67(66-77-79(73,74)76-64-63-70)65-75-68(71)61-59-57-55-53-51-49-47-45-20-18-16-14-12-10-8-6-4-2/h5-8,11-14,17-20,22-23,25-26,28-29,31-32,34-35,37-38,40-41,67H,3-4,9-10,15-16,21,24,27,30,33,36,39,42-66,70H2,1-2H3,(H,73,74)/b7-5-,8-6-,13-11-,14-12-,19-17-,20-18-,23-22-,26-25-,29-28-,32-31-,35-34-,38-37-,41-40-. The number of phosphoric ester groups is 1. The Morgan fingerprint density at radius 2 is 0.658 bits per heavy atom. The maximum absolute atomic E-state index is 12.7. The number of phosphoric acid groups is 1. The van der Waals surface area contributed by atoms with Crippen molar-refractivity contribution in [2.24, 2.45) is 5.73 Å². The predicted octanol–water partition coefficient (Wildman–Crippen LogP) is 20.1. The number of rotatable bonds is 56. The van der Waals surface area contributed by atoms with Crippen LogP contribution in [0.25, 0.3) is 0 Å². The van der Waals surface area contributed by atoms with Gasteiger partial charge in [0, 0.05) is 19.4 Å². The number of hydrogen-bond acceptors (Lipinski definition) is 8. The summed E-state index contributed by atoms with van der Waals surface area (Å²) in [5, 5.41) is 0. The van der Waals surface area contributed by atoms with Gasteiger partial charge >= 0.3 is 19.8 Å². The molecule has 446 valence electrons. The highest BCUT2D eigenvalue weighted by Gasteiger charge is 2.26. The van der Waals surface area contributed by atoms with E-state index in [0.29, 0.717) is 12.8 Å². The third-order valence-corrected chi connectivity index (χ3v) is 13.4. The summed E-state index contributed by atoms with van der Waals surface area (Å²) in [6.45, 7) is 3.48. The number of ether oxygens (including phenoxy) is 2. The van der Waals surface area contributed by atoms with Crippen molar-refractivity contribution < 1.29 is 37.6 Å². The van der Waals surface area contributed by atoms with Crippen LogP contribution >= 0.6 is 7.82 Å². The Morgan fingerprint density at radius 3 is 0.975 bits per heavy atom. The summed E-state index contributed by atoms with van der Waals surface area (Å²) in [5.74, 6) is -0.853. The van der Waals surface area contributed by atoms with Gasteiger partial charge < -0.3 is 20.1 Å². The second-order valence-electron chi connectivity index (χ2n) is 19.8. The molecule has 0 saturated carbocycles. The van der Waals surface area contributed by atoms with Crippen LogP contribution in [0, 0.1) is 0 Å². The maximum Gasteiger partial charge on any atom is 0.472 e. The van der Waals surface area contributed by atoms with Crippen LogP contribution in [0.15, 0.2) is 158 Å². The van der Waals surface area contributed by atoms with Crippen LogP contribution in [0.1, 0.15) is 232 Å². The lowest BCUT2D eigenvalue weighted by molar-refractivity contribution is -0.161. The van der Waals surface area contributed by atoms with Crippen molar-refractivity contribution in [3.05, 3.63) is 158 Å². The molecule has 0 aliphatic carbocycles. The summed E-state index contributed by atoms with van der Waals surface area (Å²) in [4.78, 5) is 35.2. The van der Waals surface area contributed by atoms with Crippen LogP contribution < -0.4 is 5.73 Å². The first-order chi connectivity index (χ1) is 38.8. The Balaban J connectivity index is 3.97. The molecule has 9 nitrogen and oxygen atoms in total. The van der Waals surface area contributed by atoms with Gasteiger partial charge in [-0.25, -0.2) is 4.57 Å². The van der Waals surface area contributed by atoms with E-state index in [1.807, 2.05) is 0 Å². The van der Waals surface area contributed by atoms with Crippen molar-refractivity contribution >= 4 is 19.8 Å². The molecule has 0 aromatic carbocycles. The predicted molar refractivity (Wildman–Crippen MR) is 339 cm³/mol. The summed E-state index contributed by atoms with van der Waals surface area (Å²) in [6.07, 6.45) is 91.7. The average Bonchev–Trinajstić information content (AvgIpc) is 3.44. The Bertz CT molecular complexity index is 1850. The Kier molecular flexibility index (Phi) is 59.3. The minimum Gasteiger partial charge on any atom is -0.462 e. The lowest BCUT2D eigenvalue weighted by Gasteiger charge is -2.19. The van der Waals surface area contributed by atoms with Gasteiger partial charge in [0.05, 0.1) is 13.2 Å². The van der Waals surface area contributed by atoms with E-state index in [2.05, 4.69) is 172 Å². The molecule has 0 spiro atoms.